The van der Waals surface area contributed by atoms with Crippen LogP contribution in [0.4, 0.5) is 0 Å². The van der Waals surface area contributed by atoms with Gasteiger partial charge in [-0.2, -0.15) is 0 Å². The molecule has 4 aliphatic heterocycles. The molecule has 0 aromatic carbocycles. The molecule has 8 amide bonds. The van der Waals surface area contributed by atoms with Gasteiger partial charge in [-0.15, -0.1) is 20.3 Å². The number of hydrogen-bond acceptors (Lipinski definition) is 28. The van der Waals surface area contributed by atoms with E-state index in [-0.39, 0.29) is 131 Å². The van der Waals surface area contributed by atoms with Crippen molar-refractivity contribution in [2.75, 3.05) is 79.3 Å². The highest BCUT2D eigenvalue weighted by molar-refractivity contribution is 6.03. The van der Waals surface area contributed by atoms with Crippen LogP contribution in [0.1, 0.15) is 103 Å². The molecule has 4 fully saturated rings. The average Bonchev–Trinajstić information content (AvgIpc) is 4.11. The van der Waals surface area contributed by atoms with Gasteiger partial charge in [0.2, 0.25) is 0 Å². The number of esters is 4. The number of rotatable bonds is 36. The van der Waals surface area contributed by atoms with Crippen molar-refractivity contribution in [2.24, 2.45) is 5.41 Å². The fraction of sp³-hybridized carbons (Fsp3) is 0.644. The van der Waals surface area contributed by atoms with Crippen molar-refractivity contribution < 1.29 is 134 Å². The van der Waals surface area contributed by atoms with Crippen LogP contribution in [-0.4, -0.2) is 195 Å². The molecular weight excluding hydrogens is 1040 g/mol. The SMILES string of the molecule is O=C(CCC(=O)ON1C(=O)CCC1=O)OCCOCC(COCCOC(=O)CCC(=O)ON1C(=O)CCC1=O)(COCCOC(=O)CCC(=O)ON1C(=O)CCC1=O)COCCOC(=O)CCC(=O)ON1C(=O)CCC1=O. The first kappa shape index (κ1) is 61.7. The summed E-state index contributed by atoms with van der Waals surface area (Å²) >= 11 is 0. The molecular formula is C45H56N4O28. The molecule has 0 N–H and O–H groups in total. The largest absolute Gasteiger partial charge is 0.463 e. The van der Waals surface area contributed by atoms with Gasteiger partial charge in [-0.3, -0.25) is 57.5 Å². The molecule has 424 valence electrons. The number of ether oxygens (including phenoxy) is 8. The number of hydrogen-bond donors (Lipinski definition) is 0. The number of carbonyl (C=O) groups is 16. The maximum absolute atomic E-state index is 12.4. The molecule has 32 heteroatoms. The Hall–Kier alpha value is -7.84. The van der Waals surface area contributed by atoms with Crippen LogP contribution >= 0.6 is 0 Å². The van der Waals surface area contributed by atoms with E-state index < -0.39 is 152 Å². The number of imide groups is 4. The molecule has 0 aromatic heterocycles. The summed E-state index contributed by atoms with van der Waals surface area (Å²) in [5.41, 5.74) is -1.34. The van der Waals surface area contributed by atoms with Gasteiger partial charge in [0.15, 0.2) is 0 Å². The predicted octanol–water partition coefficient (Wildman–Crippen LogP) is -2.24. The van der Waals surface area contributed by atoms with Crippen molar-refractivity contribution >= 4 is 95.0 Å². The van der Waals surface area contributed by atoms with Crippen molar-refractivity contribution in [3.8, 4) is 0 Å². The Bertz CT molecular complexity index is 1890. The third kappa shape index (κ3) is 22.1. The Morgan fingerprint density at radius 1 is 0.273 bits per heavy atom. The van der Waals surface area contributed by atoms with Gasteiger partial charge in [0.1, 0.15) is 26.4 Å². The van der Waals surface area contributed by atoms with Gasteiger partial charge in [-0.05, 0) is 0 Å². The normalized spacial score (nSPS) is 15.6. The summed E-state index contributed by atoms with van der Waals surface area (Å²) in [5.74, 6) is -13.3. The molecule has 32 nitrogen and oxygen atoms in total. The van der Waals surface area contributed by atoms with Gasteiger partial charge < -0.3 is 57.2 Å². The van der Waals surface area contributed by atoms with Gasteiger partial charge in [-0.1, -0.05) is 0 Å². The lowest BCUT2D eigenvalue weighted by Gasteiger charge is -2.33. The fourth-order valence-electron chi connectivity index (χ4n) is 6.59. The first-order valence-corrected chi connectivity index (χ1v) is 24.0. The molecule has 4 heterocycles. The molecule has 4 saturated heterocycles. The topological polar surface area (TPSA) is 397 Å². The molecule has 4 rings (SSSR count). The lowest BCUT2D eigenvalue weighted by atomic mass is 9.92. The van der Waals surface area contributed by atoms with Gasteiger partial charge in [0.25, 0.3) is 47.3 Å². The second-order valence-electron chi connectivity index (χ2n) is 16.8. The van der Waals surface area contributed by atoms with Crippen molar-refractivity contribution in [1.29, 1.82) is 0 Å². The van der Waals surface area contributed by atoms with E-state index in [2.05, 4.69) is 0 Å². The Morgan fingerprint density at radius 2 is 0.442 bits per heavy atom. The van der Waals surface area contributed by atoms with E-state index >= 15 is 0 Å². The van der Waals surface area contributed by atoms with Crippen LogP contribution in [-0.2, 0) is 134 Å². The summed E-state index contributed by atoms with van der Waals surface area (Å²) < 4.78 is 43.7. The minimum Gasteiger partial charge on any atom is -0.463 e. The molecule has 77 heavy (non-hydrogen) atoms. The van der Waals surface area contributed by atoms with Crippen molar-refractivity contribution in [2.45, 2.75) is 103 Å². The van der Waals surface area contributed by atoms with Crippen LogP contribution in [0.2, 0.25) is 0 Å². The third-order valence-corrected chi connectivity index (χ3v) is 10.5. The standard InChI is InChI=1S/C45H56N4O28/c50-29-1-2-30(51)46(29)74-41(62)13-9-37(58)70-21-17-66-25-45(26-67-18-22-71-38(59)10-14-42(63)75-47-31(52)3-4-32(47)53,27-68-19-23-72-39(60)11-15-43(64)76-48-33(54)5-6-34(48)55)28-69-20-24-73-40(61)12-16-44(65)77-49-35(56)7-8-36(49)57/h1-28H2. The number of carbonyl (C=O) groups excluding carboxylic acids is 16. The molecule has 0 atom stereocenters. The zero-order valence-electron chi connectivity index (χ0n) is 41.5. The maximum Gasteiger partial charge on any atom is 0.333 e. The van der Waals surface area contributed by atoms with E-state index in [1.807, 2.05) is 0 Å². The maximum atomic E-state index is 12.4. The molecule has 0 aliphatic carbocycles. The first-order valence-electron chi connectivity index (χ1n) is 24.0. The van der Waals surface area contributed by atoms with E-state index in [1.165, 1.54) is 0 Å². The Balaban J connectivity index is 1.31. The van der Waals surface area contributed by atoms with Crippen LogP contribution in [0.5, 0.6) is 0 Å². The molecule has 0 unspecified atom stereocenters. The Labute approximate surface area is 436 Å². The van der Waals surface area contributed by atoms with Crippen molar-refractivity contribution in [3.63, 3.8) is 0 Å². The molecule has 4 aliphatic rings. The Morgan fingerprint density at radius 3 is 0.623 bits per heavy atom. The predicted molar refractivity (Wildman–Crippen MR) is 235 cm³/mol. The zero-order chi connectivity index (χ0) is 56.3. The highest BCUT2D eigenvalue weighted by atomic mass is 16.7. The number of hydroxylamine groups is 8. The summed E-state index contributed by atoms with van der Waals surface area (Å²) in [6.07, 6.45) is -5.15. The lowest BCUT2D eigenvalue weighted by Crippen LogP contribution is -2.43. The Kier molecular flexibility index (Phi) is 25.6. The summed E-state index contributed by atoms with van der Waals surface area (Å²) in [5, 5.41) is 1.31. The van der Waals surface area contributed by atoms with E-state index in [4.69, 9.17) is 57.2 Å². The zero-order valence-corrected chi connectivity index (χ0v) is 41.5. The molecule has 0 radical (unpaired) electrons. The lowest BCUT2D eigenvalue weighted by molar-refractivity contribution is -0.197. The minimum absolute atomic E-state index is 0.131. The van der Waals surface area contributed by atoms with E-state index in [9.17, 15) is 76.7 Å². The van der Waals surface area contributed by atoms with Crippen LogP contribution in [0.25, 0.3) is 0 Å². The van der Waals surface area contributed by atoms with E-state index in [0.29, 0.717) is 20.3 Å². The van der Waals surface area contributed by atoms with E-state index in [1.54, 1.807) is 0 Å². The van der Waals surface area contributed by atoms with Gasteiger partial charge in [0.05, 0.1) is 110 Å². The number of nitrogens with zero attached hydrogens (tertiary/aromatic N) is 4. The van der Waals surface area contributed by atoms with Gasteiger partial charge in [-0.25, -0.2) is 19.2 Å². The quantitative estimate of drug-likeness (QED) is 0.0277. The molecule has 0 spiro atoms. The van der Waals surface area contributed by atoms with Crippen LogP contribution in [0, 0.1) is 5.41 Å². The van der Waals surface area contributed by atoms with Gasteiger partial charge >= 0.3 is 47.8 Å². The second-order valence-corrected chi connectivity index (χ2v) is 16.8. The summed E-state index contributed by atoms with van der Waals surface area (Å²) in [4.78, 5) is 211. The van der Waals surface area contributed by atoms with Crippen LogP contribution in [0.15, 0.2) is 0 Å². The first-order chi connectivity index (χ1) is 36.7. The smallest absolute Gasteiger partial charge is 0.333 e. The highest BCUT2D eigenvalue weighted by Crippen LogP contribution is 2.22. The third-order valence-electron chi connectivity index (χ3n) is 10.5. The summed E-state index contributed by atoms with van der Waals surface area (Å²) in [6.45, 7) is -3.86. The van der Waals surface area contributed by atoms with Crippen molar-refractivity contribution in [3.05, 3.63) is 0 Å². The monoisotopic (exact) mass is 1100 g/mol. The number of amides is 8. The molecule has 0 bridgehead atoms. The average molecular weight is 1100 g/mol. The van der Waals surface area contributed by atoms with Crippen molar-refractivity contribution in [1.82, 2.24) is 20.3 Å². The molecule has 0 aromatic rings. The van der Waals surface area contributed by atoms with Crippen LogP contribution in [0.3, 0.4) is 0 Å². The van der Waals surface area contributed by atoms with Gasteiger partial charge in [0, 0.05) is 51.4 Å². The fourth-order valence-corrected chi connectivity index (χ4v) is 6.59. The van der Waals surface area contributed by atoms with E-state index in [0.717, 1.165) is 0 Å². The highest BCUT2D eigenvalue weighted by Gasteiger charge is 2.37. The minimum atomic E-state index is -1.34. The second kappa shape index (κ2) is 31.9. The van der Waals surface area contributed by atoms with Crippen LogP contribution < -0.4 is 0 Å². The molecule has 0 saturated carbocycles. The summed E-state index contributed by atoms with van der Waals surface area (Å²) in [7, 11) is 0. The summed E-state index contributed by atoms with van der Waals surface area (Å²) in [6, 6.07) is 0.